The third kappa shape index (κ3) is 5.16. The van der Waals surface area contributed by atoms with Crippen LogP contribution in [0.3, 0.4) is 0 Å². The zero-order chi connectivity index (χ0) is 22.5. The number of non-ortho nitro benzene ring substituents is 1. The lowest BCUT2D eigenvalue weighted by Crippen LogP contribution is -2.26. The van der Waals surface area contributed by atoms with Gasteiger partial charge in [0, 0.05) is 29.8 Å². The molecule has 2 unspecified atom stereocenters. The van der Waals surface area contributed by atoms with E-state index in [0.717, 1.165) is 11.6 Å². The van der Waals surface area contributed by atoms with E-state index in [2.05, 4.69) is 5.32 Å². The Labute approximate surface area is 178 Å². The second-order valence-corrected chi connectivity index (χ2v) is 6.98. The lowest BCUT2D eigenvalue weighted by atomic mass is 9.95. The standard InChI is InChI=1S/C23H22F2N2O4/c1-14(16-10-17(24)12-18(25)11-16)26-23(15-4-7-20(30-2)8-5-15)21-13-19(27(28)29)6-9-22(21)31-3/h4-14,23,26H,1-3H3. The van der Waals surface area contributed by atoms with Crippen LogP contribution >= 0.6 is 0 Å². The first-order chi connectivity index (χ1) is 14.8. The van der Waals surface area contributed by atoms with Gasteiger partial charge in [-0.1, -0.05) is 12.1 Å². The summed E-state index contributed by atoms with van der Waals surface area (Å²) in [5.41, 5.74) is 1.59. The summed E-state index contributed by atoms with van der Waals surface area (Å²) in [6, 6.07) is 13.7. The maximum atomic E-state index is 13.7. The van der Waals surface area contributed by atoms with E-state index in [0.29, 0.717) is 22.6 Å². The number of hydrogen-bond acceptors (Lipinski definition) is 5. The van der Waals surface area contributed by atoms with Crippen molar-refractivity contribution in [3.05, 3.63) is 99.1 Å². The summed E-state index contributed by atoms with van der Waals surface area (Å²) in [5.74, 6) is -0.277. The van der Waals surface area contributed by atoms with Gasteiger partial charge in [0.15, 0.2) is 0 Å². The molecule has 0 aliphatic rings. The van der Waals surface area contributed by atoms with Crippen LogP contribution in [-0.4, -0.2) is 19.1 Å². The smallest absolute Gasteiger partial charge is 0.270 e. The minimum Gasteiger partial charge on any atom is -0.497 e. The number of halogens is 2. The second-order valence-electron chi connectivity index (χ2n) is 6.98. The van der Waals surface area contributed by atoms with E-state index in [1.54, 1.807) is 26.2 Å². The molecule has 0 bridgehead atoms. The van der Waals surface area contributed by atoms with Crippen molar-refractivity contribution >= 4 is 5.69 Å². The first-order valence-electron chi connectivity index (χ1n) is 9.50. The fourth-order valence-electron chi connectivity index (χ4n) is 3.39. The average molecular weight is 428 g/mol. The van der Waals surface area contributed by atoms with Crippen LogP contribution in [0.25, 0.3) is 0 Å². The molecule has 0 spiro atoms. The van der Waals surface area contributed by atoms with Gasteiger partial charge in [0.1, 0.15) is 23.1 Å². The molecule has 0 fully saturated rings. The normalized spacial score (nSPS) is 12.8. The van der Waals surface area contributed by atoms with Crippen LogP contribution in [0.2, 0.25) is 0 Å². The van der Waals surface area contributed by atoms with Crippen LogP contribution in [0, 0.1) is 21.7 Å². The van der Waals surface area contributed by atoms with Crippen molar-refractivity contribution in [2.24, 2.45) is 0 Å². The Balaban J connectivity index is 2.08. The molecule has 3 aromatic rings. The summed E-state index contributed by atoms with van der Waals surface area (Å²) >= 11 is 0. The number of ether oxygens (including phenoxy) is 2. The van der Waals surface area contributed by atoms with Gasteiger partial charge in [0.25, 0.3) is 5.69 Å². The highest BCUT2D eigenvalue weighted by Gasteiger charge is 2.24. The van der Waals surface area contributed by atoms with E-state index in [4.69, 9.17) is 9.47 Å². The Morgan fingerprint density at radius 1 is 0.903 bits per heavy atom. The number of nitro benzene ring substituents is 1. The maximum Gasteiger partial charge on any atom is 0.270 e. The Kier molecular flexibility index (Phi) is 6.81. The van der Waals surface area contributed by atoms with Crippen LogP contribution in [0.4, 0.5) is 14.5 Å². The first kappa shape index (κ1) is 22.2. The molecule has 1 N–H and O–H groups in total. The van der Waals surface area contributed by atoms with E-state index in [1.807, 2.05) is 12.1 Å². The number of hydrogen-bond donors (Lipinski definition) is 1. The summed E-state index contributed by atoms with van der Waals surface area (Å²) in [7, 11) is 3.02. The van der Waals surface area contributed by atoms with Gasteiger partial charge in [-0.05, 0) is 48.4 Å². The quantitative estimate of drug-likeness (QED) is 0.388. The fourth-order valence-corrected chi connectivity index (χ4v) is 3.39. The van der Waals surface area contributed by atoms with Gasteiger partial charge in [-0.25, -0.2) is 8.78 Å². The largest absolute Gasteiger partial charge is 0.497 e. The molecule has 0 amide bonds. The molecule has 162 valence electrons. The van der Waals surface area contributed by atoms with Crippen molar-refractivity contribution in [1.29, 1.82) is 0 Å². The third-order valence-corrected chi connectivity index (χ3v) is 4.99. The van der Waals surface area contributed by atoms with Crippen molar-refractivity contribution in [2.75, 3.05) is 14.2 Å². The molecule has 0 radical (unpaired) electrons. The van der Waals surface area contributed by atoms with Crippen molar-refractivity contribution in [2.45, 2.75) is 19.0 Å². The molecule has 6 nitrogen and oxygen atoms in total. The molecule has 0 saturated heterocycles. The predicted molar refractivity (Wildman–Crippen MR) is 112 cm³/mol. The van der Waals surface area contributed by atoms with Gasteiger partial charge in [0.2, 0.25) is 0 Å². The monoisotopic (exact) mass is 428 g/mol. The van der Waals surface area contributed by atoms with Gasteiger partial charge in [-0.3, -0.25) is 15.4 Å². The lowest BCUT2D eigenvalue weighted by Gasteiger charge is -2.26. The molecular weight excluding hydrogens is 406 g/mol. The molecule has 0 aliphatic carbocycles. The van der Waals surface area contributed by atoms with Crippen LogP contribution < -0.4 is 14.8 Å². The summed E-state index contributed by atoms with van der Waals surface area (Å²) in [6.07, 6.45) is 0. The Bertz CT molecular complexity index is 1050. The molecule has 31 heavy (non-hydrogen) atoms. The molecule has 0 aliphatic heterocycles. The van der Waals surface area contributed by atoms with Crippen LogP contribution in [0.5, 0.6) is 11.5 Å². The van der Waals surface area contributed by atoms with Gasteiger partial charge >= 0.3 is 0 Å². The van der Waals surface area contributed by atoms with Crippen LogP contribution in [0.1, 0.15) is 35.7 Å². The molecule has 0 heterocycles. The van der Waals surface area contributed by atoms with Gasteiger partial charge in [-0.2, -0.15) is 0 Å². The fraction of sp³-hybridized carbons (Fsp3) is 0.217. The van der Waals surface area contributed by atoms with Crippen LogP contribution in [-0.2, 0) is 0 Å². The minimum atomic E-state index is -0.683. The van der Waals surface area contributed by atoms with E-state index in [-0.39, 0.29) is 5.69 Å². The number of nitrogens with one attached hydrogen (secondary N) is 1. The number of nitro groups is 1. The Morgan fingerprint density at radius 3 is 2.10 bits per heavy atom. The van der Waals surface area contributed by atoms with Gasteiger partial charge in [-0.15, -0.1) is 0 Å². The number of benzene rings is 3. The minimum absolute atomic E-state index is 0.0967. The average Bonchev–Trinajstić information content (AvgIpc) is 2.76. The summed E-state index contributed by atoms with van der Waals surface area (Å²) in [6.45, 7) is 1.76. The zero-order valence-electron chi connectivity index (χ0n) is 17.3. The summed E-state index contributed by atoms with van der Waals surface area (Å²) in [5, 5.41) is 14.7. The number of rotatable bonds is 8. The Morgan fingerprint density at radius 2 is 1.55 bits per heavy atom. The predicted octanol–water partition coefficient (Wildman–Crippen LogP) is 5.33. The highest BCUT2D eigenvalue weighted by atomic mass is 19.1. The van der Waals surface area contributed by atoms with Crippen LogP contribution in [0.15, 0.2) is 60.7 Å². The molecule has 0 aromatic heterocycles. The highest BCUT2D eigenvalue weighted by Crippen LogP contribution is 2.35. The van der Waals surface area contributed by atoms with Crippen molar-refractivity contribution in [1.82, 2.24) is 5.32 Å². The van der Waals surface area contributed by atoms with E-state index in [1.165, 1.54) is 37.4 Å². The van der Waals surface area contributed by atoms with Gasteiger partial charge < -0.3 is 9.47 Å². The molecule has 8 heteroatoms. The van der Waals surface area contributed by atoms with Crippen molar-refractivity contribution in [3.63, 3.8) is 0 Å². The topological polar surface area (TPSA) is 73.6 Å². The third-order valence-electron chi connectivity index (χ3n) is 4.99. The molecule has 2 atom stereocenters. The Hall–Kier alpha value is -3.52. The lowest BCUT2D eigenvalue weighted by molar-refractivity contribution is -0.385. The maximum absolute atomic E-state index is 13.7. The van der Waals surface area contributed by atoms with E-state index < -0.39 is 28.6 Å². The summed E-state index contributed by atoms with van der Waals surface area (Å²) < 4.78 is 38.1. The number of nitrogens with zero attached hydrogens (tertiary/aromatic N) is 1. The first-order valence-corrected chi connectivity index (χ1v) is 9.50. The molecule has 3 aromatic carbocycles. The van der Waals surface area contributed by atoms with Crippen molar-refractivity contribution < 1.29 is 23.2 Å². The SMILES string of the molecule is COc1ccc(C(NC(C)c2cc(F)cc(F)c2)c2cc([N+](=O)[O-])ccc2OC)cc1. The molecule has 3 rings (SSSR count). The zero-order valence-corrected chi connectivity index (χ0v) is 17.3. The molecule has 0 saturated carbocycles. The summed E-state index contributed by atoms with van der Waals surface area (Å²) in [4.78, 5) is 10.9. The van der Waals surface area contributed by atoms with E-state index in [9.17, 15) is 18.9 Å². The van der Waals surface area contributed by atoms with E-state index >= 15 is 0 Å². The van der Waals surface area contributed by atoms with Gasteiger partial charge in [0.05, 0.1) is 25.2 Å². The number of methoxy groups -OCH3 is 2. The van der Waals surface area contributed by atoms with Crippen molar-refractivity contribution in [3.8, 4) is 11.5 Å². The molecular formula is C23H22F2N2O4. The second kappa shape index (κ2) is 9.53. The highest BCUT2D eigenvalue weighted by molar-refractivity contribution is 5.49.